The summed E-state index contributed by atoms with van der Waals surface area (Å²) in [4.78, 5) is 0. The van der Waals surface area contributed by atoms with Crippen LogP contribution in [0.1, 0.15) is 11.4 Å². The predicted molar refractivity (Wildman–Crippen MR) is 76.4 cm³/mol. The molecule has 0 radical (unpaired) electrons. The topological polar surface area (TPSA) is 83.3 Å². The van der Waals surface area contributed by atoms with Crippen LogP contribution >= 0.6 is 10.7 Å². The molecule has 2 aromatic rings. The lowest BCUT2D eigenvalue weighted by Crippen LogP contribution is -2.05. The maximum atomic E-state index is 11.3. The number of benzene rings is 1. The van der Waals surface area contributed by atoms with E-state index in [0.717, 1.165) is 5.56 Å². The lowest BCUT2D eigenvalue weighted by molar-refractivity contribution is 0.354. The van der Waals surface area contributed by atoms with Crippen molar-refractivity contribution >= 4 is 19.7 Å². The molecule has 0 fully saturated rings. The van der Waals surface area contributed by atoms with Crippen LogP contribution < -0.4 is 9.47 Å². The number of hydrogen-bond donors (Lipinski definition) is 0. The Balaban J connectivity index is 2.33. The molecular weight excluding hydrogens is 318 g/mol. The largest absolute Gasteiger partial charge is 0.493 e. The van der Waals surface area contributed by atoms with Crippen LogP contribution in [0.2, 0.25) is 0 Å². The first-order valence-corrected chi connectivity index (χ1v) is 8.21. The third kappa shape index (κ3) is 3.27. The van der Waals surface area contributed by atoms with Gasteiger partial charge in [0.1, 0.15) is 5.82 Å². The van der Waals surface area contributed by atoms with Crippen molar-refractivity contribution in [2.45, 2.75) is 11.6 Å². The number of methoxy groups -OCH3 is 2. The van der Waals surface area contributed by atoms with E-state index in [1.54, 1.807) is 33.4 Å². The second kappa shape index (κ2) is 5.90. The predicted octanol–water partition coefficient (Wildman–Crippen LogP) is 1.35. The van der Waals surface area contributed by atoms with Crippen LogP contribution in [0.15, 0.2) is 23.4 Å². The Labute approximate surface area is 126 Å². The van der Waals surface area contributed by atoms with E-state index in [0.29, 0.717) is 23.7 Å². The molecule has 0 aliphatic carbocycles. The van der Waals surface area contributed by atoms with Crippen LogP contribution in [-0.2, 0) is 22.5 Å². The quantitative estimate of drug-likeness (QED) is 0.769. The molecule has 0 spiro atoms. The van der Waals surface area contributed by atoms with Crippen LogP contribution in [0.3, 0.4) is 0 Å². The highest BCUT2D eigenvalue weighted by atomic mass is 35.7. The van der Waals surface area contributed by atoms with Gasteiger partial charge in [-0.1, -0.05) is 6.07 Å². The van der Waals surface area contributed by atoms with Gasteiger partial charge in [-0.3, -0.25) is 0 Å². The van der Waals surface area contributed by atoms with Crippen molar-refractivity contribution < 1.29 is 17.9 Å². The average Bonchev–Trinajstić information content (AvgIpc) is 2.80. The first kappa shape index (κ1) is 15.6. The highest BCUT2D eigenvalue weighted by Gasteiger charge is 2.20. The molecule has 114 valence electrons. The van der Waals surface area contributed by atoms with Gasteiger partial charge < -0.3 is 14.0 Å². The Hall–Kier alpha value is -1.80. The zero-order valence-electron chi connectivity index (χ0n) is 11.7. The van der Waals surface area contributed by atoms with Crippen LogP contribution in [-0.4, -0.2) is 37.4 Å². The minimum absolute atomic E-state index is 0.278. The summed E-state index contributed by atoms with van der Waals surface area (Å²) >= 11 is 0. The van der Waals surface area contributed by atoms with E-state index in [1.165, 1.54) is 4.57 Å². The minimum atomic E-state index is -3.91. The summed E-state index contributed by atoms with van der Waals surface area (Å²) in [6.45, 7) is 0. The minimum Gasteiger partial charge on any atom is -0.493 e. The van der Waals surface area contributed by atoms with Crippen molar-refractivity contribution in [1.82, 2.24) is 14.8 Å². The van der Waals surface area contributed by atoms with Crippen molar-refractivity contribution in [3.05, 3.63) is 29.6 Å². The van der Waals surface area contributed by atoms with Gasteiger partial charge in [0.05, 0.1) is 14.2 Å². The van der Waals surface area contributed by atoms with Gasteiger partial charge in [0.25, 0.3) is 14.2 Å². The van der Waals surface area contributed by atoms with Crippen molar-refractivity contribution in [3.63, 3.8) is 0 Å². The number of rotatable bonds is 5. The molecule has 0 aliphatic rings. The molecule has 1 aromatic carbocycles. The number of ether oxygens (including phenoxy) is 2. The molecule has 21 heavy (non-hydrogen) atoms. The Morgan fingerprint density at radius 2 is 1.86 bits per heavy atom. The first-order valence-electron chi connectivity index (χ1n) is 5.90. The summed E-state index contributed by atoms with van der Waals surface area (Å²) in [5.74, 6) is 1.67. The normalized spacial score (nSPS) is 11.4. The molecular formula is C12H14ClN3O4S. The maximum Gasteiger partial charge on any atom is 0.296 e. The van der Waals surface area contributed by atoms with E-state index in [-0.39, 0.29) is 5.16 Å². The fraction of sp³-hybridized carbons (Fsp3) is 0.333. The molecule has 2 rings (SSSR count). The van der Waals surface area contributed by atoms with Crippen LogP contribution in [0, 0.1) is 0 Å². The van der Waals surface area contributed by atoms with Gasteiger partial charge in [0.15, 0.2) is 11.5 Å². The second-order valence-corrected chi connectivity index (χ2v) is 6.72. The average molecular weight is 332 g/mol. The van der Waals surface area contributed by atoms with E-state index in [4.69, 9.17) is 20.2 Å². The van der Waals surface area contributed by atoms with E-state index < -0.39 is 9.05 Å². The molecule has 1 aromatic heterocycles. The molecule has 1 heterocycles. The number of halogens is 1. The van der Waals surface area contributed by atoms with Gasteiger partial charge >= 0.3 is 0 Å². The van der Waals surface area contributed by atoms with Crippen molar-refractivity contribution in [2.24, 2.45) is 7.05 Å². The van der Waals surface area contributed by atoms with Gasteiger partial charge in [-0.2, -0.15) is 0 Å². The van der Waals surface area contributed by atoms with E-state index in [2.05, 4.69) is 10.2 Å². The molecule has 0 saturated heterocycles. The molecule has 7 nitrogen and oxygen atoms in total. The monoisotopic (exact) mass is 331 g/mol. The fourth-order valence-corrected chi connectivity index (χ4v) is 2.86. The molecule has 0 aliphatic heterocycles. The molecule has 9 heteroatoms. The number of hydrogen-bond acceptors (Lipinski definition) is 6. The Bertz CT molecular complexity index is 758. The number of nitrogens with zero attached hydrogens (tertiary/aromatic N) is 3. The summed E-state index contributed by atoms with van der Waals surface area (Å²) in [6, 6.07) is 5.40. The summed E-state index contributed by atoms with van der Waals surface area (Å²) in [5, 5.41) is 7.17. The zero-order chi connectivity index (χ0) is 15.6. The Morgan fingerprint density at radius 1 is 1.19 bits per heavy atom. The lowest BCUT2D eigenvalue weighted by atomic mass is 10.1. The summed E-state index contributed by atoms with van der Waals surface area (Å²) in [5.41, 5.74) is 0.877. The van der Waals surface area contributed by atoms with Gasteiger partial charge in [0, 0.05) is 24.2 Å². The van der Waals surface area contributed by atoms with Crippen LogP contribution in [0.25, 0.3) is 0 Å². The molecule has 0 atom stereocenters. The highest BCUT2D eigenvalue weighted by molar-refractivity contribution is 8.13. The maximum absolute atomic E-state index is 11.3. The third-order valence-corrected chi connectivity index (χ3v) is 4.16. The van der Waals surface area contributed by atoms with E-state index in [9.17, 15) is 8.42 Å². The zero-order valence-corrected chi connectivity index (χ0v) is 13.3. The highest BCUT2D eigenvalue weighted by Crippen LogP contribution is 2.28. The van der Waals surface area contributed by atoms with Crippen molar-refractivity contribution in [3.8, 4) is 11.5 Å². The summed E-state index contributed by atoms with van der Waals surface area (Å²) in [7, 11) is 6.01. The second-order valence-electron chi connectivity index (χ2n) is 4.26. The van der Waals surface area contributed by atoms with E-state index >= 15 is 0 Å². The first-order chi connectivity index (χ1) is 9.86. The molecule has 0 amide bonds. The fourth-order valence-electron chi connectivity index (χ4n) is 1.88. The van der Waals surface area contributed by atoms with Crippen LogP contribution in [0.5, 0.6) is 11.5 Å². The smallest absolute Gasteiger partial charge is 0.296 e. The summed E-state index contributed by atoms with van der Waals surface area (Å²) < 4.78 is 34.3. The standard InChI is InChI=1S/C12H14ClN3O4S/c1-16-11(14-15-12(16)21(13,17)18)7-8-4-5-9(19-2)10(6-8)20-3/h4-6H,7H2,1-3H3. The van der Waals surface area contributed by atoms with Crippen molar-refractivity contribution in [1.29, 1.82) is 0 Å². The molecule has 0 saturated carbocycles. The lowest BCUT2D eigenvalue weighted by Gasteiger charge is -2.09. The van der Waals surface area contributed by atoms with Gasteiger partial charge in [-0.25, -0.2) is 8.42 Å². The van der Waals surface area contributed by atoms with Crippen LogP contribution in [0.4, 0.5) is 0 Å². The van der Waals surface area contributed by atoms with E-state index in [1.807, 2.05) is 6.07 Å². The van der Waals surface area contributed by atoms with Gasteiger partial charge in [-0.15, -0.1) is 10.2 Å². The van der Waals surface area contributed by atoms with Crippen molar-refractivity contribution in [2.75, 3.05) is 14.2 Å². The SMILES string of the molecule is COc1ccc(Cc2nnc(S(=O)(=O)Cl)n2C)cc1OC. The molecule has 0 bridgehead atoms. The third-order valence-electron chi connectivity index (χ3n) is 2.95. The molecule has 0 N–H and O–H groups in total. The van der Waals surface area contributed by atoms with Gasteiger partial charge in [0.2, 0.25) is 0 Å². The Morgan fingerprint density at radius 3 is 2.38 bits per heavy atom. The van der Waals surface area contributed by atoms with Gasteiger partial charge in [-0.05, 0) is 17.7 Å². The summed E-state index contributed by atoms with van der Waals surface area (Å²) in [6.07, 6.45) is 0.385. The number of aromatic nitrogens is 3. The Kier molecular flexibility index (Phi) is 4.38. The molecule has 0 unspecified atom stereocenters.